The lowest BCUT2D eigenvalue weighted by Crippen LogP contribution is -2.33. The van der Waals surface area contributed by atoms with Gasteiger partial charge in [0.2, 0.25) is 5.43 Å². The number of benzene rings is 2. The Morgan fingerprint density at radius 3 is 2.97 bits per heavy atom. The molecule has 1 fully saturated rings. The van der Waals surface area contributed by atoms with Crippen molar-refractivity contribution >= 4 is 32.5 Å². The van der Waals surface area contributed by atoms with Gasteiger partial charge in [-0.3, -0.25) is 9.69 Å². The van der Waals surface area contributed by atoms with Crippen molar-refractivity contribution in [1.82, 2.24) is 9.88 Å². The van der Waals surface area contributed by atoms with Gasteiger partial charge in [0.15, 0.2) is 0 Å². The summed E-state index contributed by atoms with van der Waals surface area (Å²) in [5.41, 5.74) is 2.38. The lowest BCUT2D eigenvalue weighted by Gasteiger charge is -2.31. The maximum atomic E-state index is 13.2. The number of fused-ring (bicyclic) bond motifs is 2. The molecule has 0 radical (unpaired) electrons. The van der Waals surface area contributed by atoms with Crippen LogP contribution in [0, 0.1) is 5.92 Å². The third-order valence-corrected chi connectivity index (χ3v) is 6.74. The molecule has 1 aliphatic rings. The van der Waals surface area contributed by atoms with Crippen LogP contribution in [0.25, 0.3) is 31.8 Å². The molecule has 29 heavy (non-hydrogen) atoms. The molecule has 0 amide bonds. The smallest absolute Gasteiger partial charge is 0.202 e. The van der Waals surface area contributed by atoms with Crippen LogP contribution in [0.2, 0.25) is 0 Å². The van der Waals surface area contributed by atoms with E-state index in [1.807, 2.05) is 24.3 Å². The van der Waals surface area contributed by atoms with Crippen LogP contribution in [0.3, 0.4) is 0 Å². The maximum Gasteiger partial charge on any atom is 0.202 e. The molecular formula is C23H22N2O3S. The van der Waals surface area contributed by atoms with Crippen molar-refractivity contribution in [3.05, 3.63) is 58.4 Å². The van der Waals surface area contributed by atoms with Gasteiger partial charge >= 0.3 is 0 Å². The zero-order valence-corrected chi connectivity index (χ0v) is 17.0. The van der Waals surface area contributed by atoms with E-state index in [-0.39, 0.29) is 11.2 Å². The monoisotopic (exact) mass is 406 g/mol. The fourth-order valence-electron chi connectivity index (χ4n) is 4.19. The van der Waals surface area contributed by atoms with Gasteiger partial charge in [-0.15, -0.1) is 11.3 Å². The summed E-state index contributed by atoms with van der Waals surface area (Å²) in [6, 6.07) is 11.1. The van der Waals surface area contributed by atoms with Gasteiger partial charge in [-0.25, -0.2) is 4.98 Å². The number of phenolic OH excluding ortho intramolecular Hbond substituents is 1. The van der Waals surface area contributed by atoms with Crippen LogP contribution in [-0.2, 0) is 6.54 Å². The van der Waals surface area contributed by atoms with Gasteiger partial charge in [-0.2, -0.15) is 0 Å². The first kappa shape index (κ1) is 18.3. The molecule has 1 unspecified atom stereocenters. The Labute approximate surface area is 172 Å². The van der Waals surface area contributed by atoms with Crippen LogP contribution in [-0.4, -0.2) is 28.1 Å². The third-order valence-electron chi connectivity index (χ3n) is 5.67. The van der Waals surface area contributed by atoms with Gasteiger partial charge in [0.1, 0.15) is 22.6 Å². The molecule has 1 saturated heterocycles. The van der Waals surface area contributed by atoms with Crippen molar-refractivity contribution in [1.29, 1.82) is 0 Å². The van der Waals surface area contributed by atoms with Crippen molar-refractivity contribution in [2.24, 2.45) is 5.92 Å². The minimum absolute atomic E-state index is 0.112. The van der Waals surface area contributed by atoms with Crippen LogP contribution in [0.15, 0.2) is 51.9 Å². The highest BCUT2D eigenvalue weighted by molar-refractivity contribution is 7.21. The van der Waals surface area contributed by atoms with Crippen LogP contribution >= 0.6 is 11.3 Å². The van der Waals surface area contributed by atoms with Crippen molar-refractivity contribution in [2.75, 3.05) is 13.1 Å². The highest BCUT2D eigenvalue weighted by Gasteiger charge is 2.21. The third kappa shape index (κ3) is 3.32. The Morgan fingerprint density at radius 2 is 2.14 bits per heavy atom. The Hall–Kier alpha value is -2.70. The summed E-state index contributed by atoms with van der Waals surface area (Å²) in [5, 5.41) is 11.6. The number of aromatic hydroxyl groups is 1. The van der Waals surface area contributed by atoms with Crippen LogP contribution in [0.4, 0.5) is 0 Å². The van der Waals surface area contributed by atoms with Crippen LogP contribution < -0.4 is 5.43 Å². The van der Waals surface area contributed by atoms with Crippen molar-refractivity contribution < 1.29 is 9.52 Å². The van der Waals surface area contributed by atoms with E-state index in [0.29, 0.717) is 39.6 Å². The summed E-state index contributed by atoms with van der Waals surface area (Å²) in [4.78, 5) is 20.1. The Morgan fingerprint density at radius 1 is 1.28 bits per heavy atom. The van der Waals surface area contributed by atoms with Crippen LogP contribution in [0.1, 0.15) is 25.3 Å². The molecular weight excluding hydrogens is 384 g/mol. The minimum atomic E-state index is -0.112. The number of para-hydroxylation sites is 1. The lowest BCUT2D eigenvalue weighted by molar-refractivity contribution is 0.175. The Balaban J connectivity index is 1.59. The first-order valence-electron chi connectivity index (χ1n) is 9.95. The number of rotatable bonds is 3. The summed E-state index contributed by atoms with van der Waals surface area (Å²) in [6.45, 7) is 4.81. The number of nitrogens with zero attached hydrogens (tertiary/aromatic N) is 2. The highest BCUT2D eigenvalue weighted by Crippen LogP contribution is 2.32. The Bertz CT molecular complexity index is 1230. The first-order valence-corrected chi connectivity index (χ1v) is 10.8. The second kappa shape index (κ2) is 7.28. The SMILES string of the molecule is CC1CCCN(Cc2c(O)ccc3c(=O)c(-c4nc5ccccc5s4)coc23)C1. The van der Waals surface area contributed by atoms with Gasteiger partial charge in [-0.1, -0.05) is 19.1 Å². The van der Waals surface area contributed by atoms with Crippen molar-refractivity contribution in [2.45, 2.75) is 26.3 Å². The number of piperidine rings is 1. The molecule has 5 rings (SSSR count). The maximum absolute atomic E-state index is 13.2. The molecule has 0 saturated carbocycles. The van der Waals surface area contributed by atoms with E-state index in [4.69, 9.17) is 4.42 Å². The van der Waals surface area contributed by atoms with E-state index in [9.17, 15) is 9.90 Å². The average Bonchev–Trinajstić information content (AvgIpc) is 3.14. The van der Waals surface area contributed by atoms with Gasteiger partial charge in [0.25, 0.3) is 0 Å². The van der Waals surface area contributed by atoms with Crippen LogP contribution in [0.5, 0.6) is 5.75 Å². The van der Waals surface area contributed by atoms with E-state index >= 15 is 0 Å². The average molecular weight is 407 g/mol. The summed E-state index contributed by atoms with van der Waals surface area (Å²) < 4.78 is 6.97. The summed E-state index contributed by atoms with van der Waals surface area (Å²) >= 11 is 1.48. The molecule has 1 aliphatic heterocycles. The highest BCUT2D eigenvalue weighted by atomic mass is 32.1. The minimum Gasteiger partial charge on any atom is -0.507 e. The van der Waals surface area contributed by atoms with E-state index in [1.165, 1.54) is 24.0 Å². The van der Waals surface area contributed by atoms with Gasteiger partial charge in [0.05, 0.1) is 26.7 Å². The lowest BCUT2D eigenvalue weighted by atomic mass is 9.99. The summed E-state index contributed by atoms with van der Waals surface area (Å²) in [6.07, 6.45) is 3.88. The number of phenols is 1. The largest absolute Gasteiger partial charge is 0.507 e. The second-order valence-electron chi connectivity index (χ2n) is 7.89. The predicted molar refractivity (Wildman–Crippen MR) is 116 cm³/mol. The van der Waals surface area contributed by atoms with Gasteiger partial charge in [-0.05, 0) is 49.6 Å². The number of likely N-dealkylation sites (tertiary alicyclic amines) is 1. The van der Waals surface area contributed by atoms with Crippen molar-refractivity contribution in [3.8, 4) is 16.3 Å². The zero-order valence-electron chi connectivity index (χ0n) is 16.2. The number of hydrogen-bond acceptors (Lipinski definition) is 6. The molecule has 4 aromatic rings. The molecule has 5 nitrogen and oxygen atoms in total. The summed E-state index contributed by atoms with van der Waals surface area (Å²) in [5.74, 6) is 0.810. The predicted octanol–water partition coefficient (Wildman–Crippen LogP) is 5.01. The molecule has 6 heteroatoms. The molecule has 1 atom stereocenters. The standard InChI is InChI=1S/C23H22N2O3S/c1-14-5-4-10-25(11-14)12-16-19(26)9-8-15-21(27)17(13-28-22(15)16)23-24-18-6-2-3-7-20(18)29-23/h2-3,6-9,13-14,26H,4-5,10-12H2,1H3. The molecule has 0 spiro atoms. The molecule has 3 heterocycles. The second-order valence-corrected chi connectivity index (χ2v) is 8.92. The zero-order chi connectivity index (χ0) is 20.0. The Kier molecular flexibility index (Phi) is 4.60. The normalized spacial score (nSPS) is 17.9. The fraction of sp³-hybridized carbons (Fsp3) is 0.304. The van der Waals surface area contributed by atoms with E-state index < -0.39 is 0 Å². The number of aromatic nitrogens is 1. The molecule has 0 bridgehead atoms. The topological polar surface area (TPSA) is 66.6 Å². The molecule has 1 N–H and O–H groups in total. The summed E-state index contributed by atoms with van der Waals surface area (Å²) in [7, 11) is 0. The first-order chi connectivity index (χ1) is 14.1. The van der Waals surface area contributed by atoms with E-state index in [1.54, 1.807) is 12.1 Å². The molecule has 2 aromatic carbocycles. The van der Waals surface area contributed by atoms with E-state index in [2.05, 4.69) is 16.8 Å². The van der Waals surface area contributed by atoms with E-state index in [0.717, 1.165) is 29.7 Å². The van der Waals surface area contributed by atoms with Crippen molar-refractivity contribution in [3.63, 3.8) is 0 Å². The number of thiazole rings is 1. The fourth-order valence-corrected chi connectivity index (χ4v) is 5.16. The quantitative estimate of drug-likeness (QED) is 0.518. The molecule has 2 aromatic heterocycles. The molecule has 148 valence electrons. The number of hydrogen-bond donors (Lipinski definition) is 1. The molecule has 0 aliphatic carbocycles. The van der Waals surface area contributed by atoms with Gasteiger partial charge in [0, 0.05) is 13.1 Å². The van der Waals surface area contributed by atoms with Gasteiger partial charge < -0.3 is 9.52 Å².